The van der Waals surface area contributed by atoms with Crippen molar-refractivity contribution in [2.45, 2.75) is 19.8 Å². The lowest BCUT2D eigenvalue weighted by molar-refractivity contribution is -0.385. The molecule has 0 saturated carbocycles. The van der Waals surface area contributed by atoms with Gasteiger partial charge in [-0.2, -0.15) is 0 Å². The maximum absolute atomic E-state index is 13.6. The number of oxime groups is 1. The van der Waals surface area contributed by atoms with Gasteiger partial charge in [-0.05, 0) is 26.0 Å². The van der Waals surface area contributed by atoms with E-state index in [0.717, 1.165) is 12.1 Å². The van der Waals surface area contributed by atoms with Crippen molar-refractivity contribution >= 4 is 17.4 Å². The highest BCUT2D eigenvalue weighted by Crippen LogP contribution is 2.45. The number of aryl methyl sites for hydroxylation is 1. The van der Waals surface area contributed by atoms with Crippen molar-refractivity contribution in [3.05, 3.63) is 79.8 Å². The minimum absolute atomic E-state index is 0.0288. The first-order chi connectivity index (χ1) is 15.7. The number of aromatic amines is 1. The molecule has 11 heteroatoms. The van der Waals surface area contributed by atoms with Gasteiger partial charge in [0.15, 0.2) is 11.5 Å². The number of hydrogen-bond acceptors (Lipinski definition) is 8. The Hall–Kier alpha value is -4.41. The number of benzene rings is 2. The number of rotatable bonds is 6. The molecule has 0 radical (unpaired) electrons. The number of nitro benzene ring substituents is 1. The molecule has 4 rings (SSSR count). The highest BCUT2D eigenvalue weighted by Gasteiger charge is 2.43. The minimum atomic E-state index is -1.13. The Morgan fingerprint density at radius 3 is 2.52 bits per heavy atom. The Balaban J connectivity index is 2.03. The summed E-state index contributed by atoms with van der Waals surface area (Å²) >= 11 is 0. The molecule has 0 bridgehead atoms. The number of aromatic hydroxyl groups is 1. The first-order valence-electron chi connectivity index (χ1n) is 9.92. The molecule has 3 aromatic rings. The molecule has 0 spiro atoms. The van der Waals surface area contributed by atoms with Gasteiger partial charge in [0, 0.05) is 28.8 Å². The Kier molecular flexibility index (Phi) is 5.46. The molecule has 2 N–H and O–H groups in total. The van der Waals surface area contributed by atoms with Gasteiger partial charge >= 0.3 is 5.97 Å². The number of H-pyrrole nitrogens is 1. The van der Waals surface area contributed by atoms with Crippen LogP contribution in [-0.4, -0.2) is 38.6 Å². The number of methoxy groups -OCH3 is 1. The second kappa shape index (κ2) is 8.26. The van der Waals surface area contributed by atoms with Gasteiger partial charge in [-0.3, -0.25) is 20.0 Å². The van der Waals surface area contributed by atoms with Crippen molar-refractivity contribution in [3.63, 3.8) is 0 Å². The highest BCUT2D eigenvalue weighted by molar-refractivity contribution is 6.05. The average Bonchev–Trinajstić information content (AvgIpc) is 3.28. The van der Waals surface area contributed by atoms with Crippen molar-refractivity contribution in [3.8, 4) is 17.2 Å². The number of nitrogens with one attached hydrogen (secondary N) is 1. The van der Waals surface area contributed by atoms with Crippen LogP contribution in [0.4, 0.5) is 5.69 Å². The minimum Gasteiger partial charge on any atom is -0.504 e. The molecular formula is C22H20N4O7. The Morgan fingerprint density at radius 2 is 1.94 bits per heavy atom. The van der Waals surface area contributed by atoms with Gasteiger partial charge in [-0.25, -0.2) is 9.48 Å². The maximum atomic E-state index is 13.6. The van der Waals surface area contributed by atoms with Crippen LogP contribution in [0.3, 0.4) is 0 Å². The molecule has 2 aromatic carbocycles. The van der Waals surface area contributed by atoms with Crippen molar-refractivity contribution < 1.29 is 24.4 Å². The molecule has 0 amide bonds. The van der Waals surface area contributed by atoms with E-state index in [1.165, 1.54) is 11.8 Å². The Bertz CT molecular complexity index is 1340. The molecule has 33 heavy (non-hydrogen) atoms. The van der Waals surface area contributed by atoms with E-state index in [0.29, 0.717) is 11.4 Å². The summed E-state index contributed by atoms with van der Waals surface area (Å²) in [5, 5.41) is 29.2. The van der Waals surface area contributed by atoms with E-state index in [2.05, 4.69) is 10.3 Å². The number of nitrogens with zero attached hydrogens (tertiary/aromatic N) is 3. The standard InChI is InChI=1S/C22H20N4O7/c1-11-17(21(28)25(23-11)13-7-5-4-6-8-13)19(18-12(2)24-33-22(18)29)15-9-14(26(30)31)10-16(32-3)20(15)27/h4-10,18-19,23,27H,1-3H3. The van der Waals surface area contributed by atoms with E-state index in [1.807, 2.05) is 0 Å². The number of carbonyl (C=O) groups excluding carboxylic acids is 1. The van der Waals surface area contributed by atoms with Crippen molar-refractivity contribution in [1.82, 2.24) is 9.78 Å². The third kappa shape index (κ3) is 3.63. The fourth-order valence-electron chi connectivity index (χ4n) is 4.08. The topological polar surface area (TPSA) is 149 Å². The molecule has 2 unspecified atom stereocenters. The third-order valence-corrected chi connectivity index (χ3v) is 5.61. The molecule has 0 fully saturated rings. The van der Waals surface area contributed by atoms with Crippen LogP contribution < -0.4 is 10.3 Å². The maximum Gasteiger partial charge on any atom is 0.344 e. The van der Waals surface area contributed by atoms with E-state index in [9.17, 15) is 24.8 Å². The summed E-state index contributed by atoms with van der Waals surface area (Å²) in [4.78, 5) is 41.9. The third-order valence-electron chi connectivity index (χ3n) is 5.61. The summed E-state index contributed by atoms with van der Waals surface area (Å²) in [7, 11) is 1.25. The van der Waals surface area contributed by atoms with Crippen molar-refractivity contribution in [2.75, 3.05) is 7.11 Å². The van der Waals surface area contributed by atoms with Crippen LogP contribution in [0.15, 0.2) is 52.4 Å². The number of phenolic OH excluding ortho intramolecular Hbond substituents is 1. The molecule has 0 saturated heterocycles. The zero-order valence-electron chi connectivity index (χ0n) is 17.9. The second-order valence-electron chi connectivity index (χ2n) is 7.57. The van der Waals surface area contributed by atoms with Crippen molar-refractivity contribution in [2.24, 2.45) is 11.1 Å². The molecule has 170 valence electrons. The number of ether oxygens (including phenoxy) is 1. The zero-order chi connectivity index (χ0) is 23.9. The molecule has 0 aliphatic carbocycles. The fourth-order valence-corrected chi connectivity index (χ4v) is 4.08. The summed E-state index contributed by atoms with van der Waals surface area (Å²) < 4.78 is 6.42. The smallest absolute Gasteiger partial charge is 0.344 e. The summed E-state index contributed by atoms with van der Waals surface area (Å²) in [6.07, 6.45) is 0. The van der Waals surface area contributed by atoms with Crippen LogP contribution in [0.5, 0.6) is 11.5 Å². The number of non-ortho nitro benzene ring substituents is 1. The van der Waals surface area contributed by atoms with Gasteiger partial charge < -0.3 is 14.7 Å². The molecule has 1 aromatic heterocycles. The Morgan fingerprint density at radius 1 is 1.24 bits per heavy atom. The quantitative estimate of drug-likeness (QED) is 0.332. The van der Waals surface area contributed by atoms with Gasteiger partial charge in [-0.1, -0.05) is 23.4 Å². The summed E-state index contributed by atoms with van der Waals surface area (Å²) in [5.74, 6) is -3.55. The lowest BCUT2D eigenvalue weighted by atomic mass is 9.78. The summed E-state index contributed by atoms with van der Waals surface area (Å²) in [6.45, 7) is 3.19. The van der Waals surface area contributed by atoms with Gasteiger partial charge in [0.05, 0.1) is 29.5 Å². The zero-order valence-corrected chi connectivity index (χ0v) is 17.9. The number of carbonyl (C=O) groups is 1. The van der Waals surface area contributed by atoms with E-state index < -0.39 is 34.0 Å². The lowest BCUT2D eigenvalue weighted by Gasteiger charge is -2.22. The lowest BCUT2D eigenvalue weighted by Crippen LogP contribution is -2.30. The predicted molar refractivity (Wildman–Crippen MR) is 117 cm³/mol. The van der Waals surface area contributed by atoms with Crippen LogP contribution in [0.2, 0.25) is 0 Å². The van der Waals surface area contributed by atoms with Gasteiger partial charge in [-0.15, -0.1) is 0 Å². The van der Waals surface area contributed by atoms with Gasteiger partial charge in [0.2, 0.25) is 0 Å². The normalized spacial score (nSPS) is 16.3. The van der Waals surface area contributed by atoms with Crippen LogP contribution in [0.25, 0.3) is 5.69 Å². The second-order valence-corrected chi connectivity index (χ2v) is 7.57. The van der Waals surface area contributed by atoms with Crippen LogP contribution in [-0.2, 0) is 9.63 Å². The van der Waals surface area contributed by atoms with E-state index >= 15 is 0 Å². The van der Waals surface area contributed by atoms with Gasteiger partial charge in [0.1, 0.15) is 5.92 Å². The number of aromatic nitrogens is 2. The number of para-hydroxylation sites is 1. The SMILES string of the molecule is COc1cc([N+](=O)[O-])cc(C(c2c(C)[nH]n(-c3ccccc3)c2=O)C2C(=O)ON=C2C)c1O. The molecule has 2 atom stereocenters. The fraction of sp³-hybridized carbons (Fsp3) is 0.227. The van der Waals surface area contributed by atoms with Crippen LogP contribution in [0, 0.1) is 23.0 Å². The highest BCUT2D eigenvalue weighted by atomic mass is 16.7. The monoisotopic (exact) mass is 452 g/mol. The first kappa shape index (κ1) is 21.8. The number of phenols is 1. The molecule has 1 aliphatic rings. The number of hydrogen-bond donors (Lipinski definition) is 2. The largest absolute Gasteiger partial charge is 0.504 e. The molecule has 1 aliphatic heterocycles. The number of nitro groups is 1. The van der Waals surface area contributed by atoms with E-state index in [4.69, 9.17) is 9.57 Å². The van der Waals surface area contributed by atoms with Crippen LogP contribution >= 0.6 is 0 Å². The molecule has 2 heterocycles. The van der Waals surface area contributed by atoms with Crippen LogP contribution in [0.1, 0.15) is 29.7 Å². The molecular weight excluding hydrogens is 432 g/mol. The molecule has 11 nitrogen and oxygen atoms in total. The predicted octanol–water partition coefficient (Wildman–Crippen LogP) is 2.78. The van der Waals surface area contributed by atoms with E-state index in [-0.39, 0.29) is 28.3 Å². The first-order valence-corrected chi connectivity index (χ1v) is 9.92. The summed E-state index contributed by atoms with van der Waals surface area (Å²) in [6, 6.07) is 11.0. The van der Waals surface area contributed by atoms with Crippen molar-refractivity contribution in [1.29, 1.82) is 0 Å². The van der Waals surface area contributed by atoms with E-state index in [1.54, 1.807) is 44.2 Å². The average molecular weight is 452 g/mol. The summed E-state index contributed by atoms with van der Waals surface area (Å²) in [5.41, 5.74) is 0.473. The van der Waals surface area contributed by atoms with Gasteiger partial charge in [0.25, 0.3) is 11.2 Å². The Labute approximate surface area is 187 Å².